The summed E-state index contributed by atoms with van der Waals surface area (Å²) in [5, 5.41) is 8.29. The van der Waals surface area contributed by atoms with Crippen molar-refractivity contribution >= 4 is 27.3 Å². The van der Waals surface area contributed by atoms with E-state index in [2.05, 4.69) is 51.9 Å². The molecule has 0 bridgehead atoms. The minimum Gasteiger partial charge on any atom is -0.314 e. The predicted octanol–water partition coefficient (Wildman–Crippen LogP) is 3.67. The van der Waals surface area contributed by atoms with E-state index in [-0.39, 0.29) is 0 Å². The smallest absolute Gasteiger partial charge is 0.0755 e. The van der Waals surface area contributed by atoms with E-state index in [9.17, 15) is 0 Å². The number of rotatable bonds is 6. The Hall–Kier alpha value is -0.650. The molecule has 2 aromatic rings. The summed E-state index contributed by atoms with van der Waals surface area (Å²) in [5.74, 6) is 0. The molecule has 2 aromatic heterocycles. The summed E-state index contributed by atoms with van der Waals surface area (Å²) in [6, 6.07) is 5.06. The van der Waals surface area contributed by atoms with E-state index in [1.807, 2.05) is 0 Å². The van der Waals surface area contributed by atoms with Crippen LogP contribution in [0, 0.1) is 13.8 Å². The topological polar surface area (TPSA) is 29.9 Å². The van der Waals surface area contributed by atoms with Gasteiger partial charge < -0.3 is 5.32 Å². The van der Waals surface area contributed by atoms with Gasteiger partial charge in [0.1, 0.15) is 0 Å². The fraction of sp³-hybridized carbons (Fsp3) is 0.533. The third kappa shape index (κ3) is 3.32. The number of aryl methyl sites for hydroxylation is 1. The molecule has 0 unspecified atom stereocenters. The Bertz CT molecular complexity index is 598. The lowest BCUT2D eigenvalue weighted by molar-refractivity contribution is 0.660. The first kappa shape index (κ1) is 14.3. The molecular formula is C15H20BrN3S. The monoisotopic (exact) mass is 353 g/mol. The molecular weight excluding hydrogens is 334 g/mol. The minimum absolute atomic E-state index is 0.786. The van der Waals surface area contributed by atoms with Gasteiger partial charge in [-0.1, -0.05) is 0 Å². The number of aromatic nitrogens is 2. The third-order valence-corrected chi connectivity index (χ3v) is 5.46. The van der Waals surface area contributed by atoms with Crippen LogP contribution in [-0.2, 0) is 13.0 Å². The van der Waals surface area contributed by atoms with E-state index < -0.39 is 0 Å². The molecule has 0 amide bonds. The van der Waals surface area contributed by atoms with Crippen molar-refractivity contribution in [1.82, 2.24) is 15.1 Å². The Balaban J connectivity index is 1.68. The standard InChI is InChI=1S/C15H20BrN3S/c1-10-14(7-8-17-12-3-4-12)11(2)19(18-10)9-13-5-6-15(16)20-13/h5-6,12,17H,3-4,7-9H2,1-2H3. The third-order valence-electron chi connectivity index (χ3n) is 3.85. The maximum absolute atomic E-state index is 4.71. The van der Waals surface area contributed by atoms with E-state index in [1.54, 1.807) is 11.3 Å². The van der Waals surface area contributed by atoms with Gasteiger partial charge >= 0.3 is 0 Å². The van der Waals surface area contributed by atoms with Crippen LogP contribution in [0.5, 0.6) is 0 Å². The summed E-state index contributed by atoms with van der Waals surface area (Å²) < 4.78 is 3.32. The lowest BCUT2D eigenvalue weighted by Crippen LogP contribution is -2.19. The zero-order chi connectivity index (χ0) is 14.1. The molecule has 0 aliphatic heterocycles. The van der Waals surface area contributed by atoms with Gasteiger partial charge in [0.05, 0.1) is 16.0 Å². The van der Waals surface area contributed by atoms with Crippen LogP contribution in [0.25, 0.3) is 0 Å². The van der Waals surface area contributed by atoms with Crippen molar-refractivity contribution in [1.29, 1.82) is 0 Å². The van der Waals surface area contributed by atoms with Crippen LogP contribution in [0.15, 0.2) is 15.9 Å². The van der Waals surface area contributed by atoms with Gasteiger partial charge in [0.15, 0.2) is 0 Å². The van der Waals surface area contributed by atoms with Gasteiger partial charge in [-0.25, -0.2) is 0 Å². The fourth-order valence-electron chi connectivity index (χ4n) is 2.52. The minimum atomic E-state index is 0.786. The summed E-state index contributed by atoms with van der Waals surface area (Å²) in [4.78, 5) is 1.34. The first-order chi connectivity index (χ1) is 9.63. The zero-order valence-electron chi connectivity index (χ0n) is 11.9. The molecule has 0 saturated heterocycles. The number of thiophene rings is 1. The molecule has 1 N–H and O–H groups in total. The first-order valence-corrected chi connectivity index (χ1v) is 8.75. The molecule has 1 saturated carbocycles. The molecule has 1 fully saturated rings. The highest BCUT2D eigenvalue weighted by molar-refractivity contribution is 9.11. The van der Waals surface area contributed by atoms with Gasteiger partial charge in [-0.05, 0) is 73.3 Å². The quantitative estimate of drug-likeness (QED) is 0.858. The molecule has 1 aliphatic carbocycles. The van der Waals surface area contributed by atoms with Crippen molar-refractivity contribution < 1.29 is 0 Å². The maximum atomic E-state index is 4.71. The van der Waals surface area contributed by atoms with Crippen molar-refractivity contribution in [2.45, 2.75) is 45.7 Å². The molecule has 5 heteroatoms. The van der Waals surface area contributed by atoms with Gasteiger partial charge in [0.2, 0.25) is 0 Å². The second-order valence-electron chi connectivity index (χ2n) is 5.49. The summed E-state index contributed by atoms with van der Waals surface area (Å²) in [7, 11) is 0. The van der Waals surface area contributed by atoms with E-state index in [4.69, 9.17) is 5.10 Å². The van der Waals surface area contributed by atoms with E-state index in [1.165, 1.54) is 38.5 Å². The van der Waals surface area contributed by atoms with Crippen LogP contribution in [0.4, 0.5) is 0 Å². The normalized spacial score (nSPS) is 14.9. The lowest BCUT2D eigenvalue weighted by Gasteiger charge is -2.05. The van der Waals surface area contributed by atoms with Crippen molar-refractivity contribution in [2.75, 3.05) is 6.54 Å². The van der Waals surface area contributed by atoms with E-state index in [0.29, 0.717) is 0 Å². The summed E-state index contributed by atoms with van der Waals surface area (Å²) in [5.41, 5.74) is 3.90. The molecule has 0 radical (unpaired) electrons. The highest BCUT2D eigenvalue weighted by Crippen LogP contribution is 2.24. The second-order valence-corrected chi connectivity index (χ2v) is 8.04. The molecule has 3 rings (SSSR count). The van der Waals surface area contributed by atoms with Gasteiger partial charge in [0, 0.05) is 16.6 Å². The highest BCUT2D eigenvalue weighted by Gasteiger charge is 2.20. The van der Waals surface area contributed by atoms with Crippen molar-refractivity contribution in [3.8, 4) is 0 Å². The molecule has 1 aliphatic rings. The van der Waals surface area contributed by atoms with Crippen LogP contribution in [0.1, 0.15) is 34.7 Å². The number of hydrogen-bond acceptors (Lipinski definition) is 3. The second kappa shape index (κ2) is 6.00. The molecule has 0 spiro atoms. The Kier molecular flexibility index (Phi) is 4.29. The summed E-state index contributed by atoms with van der Waals surface area (Å²) >= 11 is 5.30. The van der Waals surface area contributed by atoms with Crippen LogP contribution >= 0.6 is 27.3 Å². The number of halogens is 1. The predicted molar refractivity (Wildman–Crippen MR) is 87.6 cm³/mol. The average Bonchev–Trinajstić information content (AvgIpc) is 3.09. The number of hydrogen-bond donors (Lipinski definition) is 1. The van der Waals surface area contributed by atoms with E-state index >= 15 is 0 Å². The van der Waals surface area contributed by atoms with Crippen molar-refractivity contribution in [2.24, 2.45) is 0 Å². The Morgan fingerprint density at radius 2 is 2.20 bits per heavy atom. The molecule has 0 aromatic carbocycles. The highest BCUT2D eigenvalue weighted by atomic mass is 79.9. The number of nitrogens with one attached hydrogen (secondary N) is 1. The molecule has 2 heterocycles. The van der Waals surface area contributed by atoms with Gasteiger partial charge in [-0.2, -0.15) is 5.10 Å². The Morgan fingerprint density at radius 1 is 1.40 bits per heavy atom. The van der Waals surface area contributed by atoms with Crippen LogP contribution < -0.4 is 5.32 Å². The van der Waals surface area contributed by atoms with Gasteiger partial charge in [-0.3, -0.25) is 4.68 Å². The van der Waals surface area contributed by atoms with Crippen LogP contribution in [0.2, 0.25) is 0 Å². The Morgan fingerprint density at radius 3 is 2.85 bits per heavy atom. The average molecular weight is 354 g/mol. The lowest BCUT2D eigenvalue weighted by atomic mass is 10.1. The zero-order valence-corrected chi connectivity index (χ0v) is 14.4. The van der Waals surface area contributed by atoms with E-state index in [0.717, 1.165) is 25.6 Å². The fourth-order valence-corrected chi connectivity index (χ4v) is 3.99. The van der Waals surface area contributed by atoms with Crippen molar-refractivity contribution in [3.63, 3.8) is 0 Å². The summed E-state index contributed by atoms with van der Waals surface area (Å²) in [6.07, 6.45) is 3.79. The number of nitrogens with zero attached hydrogens (tertiary/aromatic N) is 2. The summed E-state index contributed by atoms with van der Waals surface area (Å²) in [6.45, 7) is 6.26. The maximum Gasteiger partial charge on any atom is 0.0755 e. The molecule has 108 valence electrons. The first-order valence-electron chi connectivity index (χ1n) is 7.14. The SMILES string of the molecule is Cc1nn(Cc2ccc(Br)s2)c(C)c1CCNC1CC1. The van der Waals surface area contributed by atoms with Gasteiger partial charge in [0.25, 0.3) is 0 Å². The van der Waals surface area contributed by atoms with Crippen LogP contribution in [-0.4, -0.2) is 22.4 Å². The largest absolute Gasteiger partial charge is 0.314 e. The van der Waals surface area contributed by atoms with Crippen molar-refractivity contribution in [3.05, 3.63) is 37.7 Å². The molecule has 20 heavy (non-hydrogen) atoms. The Labute approximate surface area is 132 Å². The van der Waals surface area contributed by atoms with Gasteiger partial charge in [-0.15, -0.1) is 11.3 Å². The molecule has 0 atom stereocenters. The van der Waals surface area contributed by atoms with Crippen LogP contribution in [0.3, 0.4) is 0 Å². The molecule has 3 nitrogen and oxygen atoms in total.